The third-order valence-electron chi connectivity index (χ3n) is 2.08. The Morgan fingerprint density at radius 3 is 2.67 bits per heavy atom. The molecule has 0 saturated carbocycles. The molecule has 15 heavy (non-hydrogen) atoms. The lowest BCUT2D eigenvalue weighted by Crippen LogP contribution is -2.32. The molecule has 0 saturated heterocycles. The first-order valence-corrected chi connectivity index (χ1v) is 4.99. The van der Waals surface area contributed by atoms with E-state index >= 15 is 0 Å². The van der Waals surface area contributed by atoms with Crippen molar-refractivity contribution in [2.45, 2.75) is 19.5 Å². The highest BCUT2D eigenvalue weighted by atomic mass is 35.5. The molecule has 1 atom stereocenters. The van der Waals surface area contributed by atoms with Crippen LogP contribution < -0.4 is 11.1 Å². The quantitative estimate of drug-likeness (QED) is 0.783. The first-order valence-electron chi connectivity index (χ1n) is 4.61. The molecule has 0 amide bonds. The van der Waals surface area contributed by atoms with E-state index in [-0.39, 0.29) is 23.2 Å². The number of nitrogens with one attached hydrogen (secondary N) is 1. The molecule has 0 radical (unpaired) electrons. The summed E-state index contributed by atoms with van der Waals surface area (Å²) in [5.74, 6) is -1.13. The molecule has 2 nitrogen and oxygen atoms in total. The van der Waals surface area contributed by atoms with Crippen LogP contribution in [-0.2, 0) is 6.54 Å². The largest absolute Gasteiger partial charge is 0.329 e. The van der Waals surface area contributed by atoms with Crippen LogP contribution >= 0.6 is 11.6 Å². The fraction of sp³-hybridized carbons (Fsp3) is 0.400. The van der Waals surface area contributed by atoms with Gasteiger partial charge < -0.3 is 11.1 Å². The zero-order valence-corrected chi connectivity index (χ0v) is 9.11. The predicted octanol–water partition coefficient (Wildman–Crippen LogP) is 2.06. The summed E-state index contributed by atoms with van der Waals surface area (Å²) in [6.07, 6.45) is 0. The van der Waals surface area contributed by atoms with Gasteiger partial charge in [-0.05, 0) is 19.1 Å². The standard InChI is InChI=1S/C10H13ClF2N2/c1-6(4-14)15-5-7-2-10(13)8(11)3-9(7)12/h2-3,6,15H,4-5,14H2,1H3. The number of hydrogen-bond acceptors (Lipinski definition) is 2. The number of rotatable bonds is 4. The Morgan fingerprint density at radius 2 is 2.07 bits per heavy atom. The summed E-state index contributed by atoms with van der Waals surface area (Å²) in [5, 5.41) is 2.76. The lowest BCUT2D eigenvalue weighted by atomic mass is 10.2. The molecule has 0 heterocycles. The van der Waals surface area contributed by atoms with Crippen LogP contribution in [-0.4, -0.2) is 12.6 Å². The fourth-order valence-electron chi connectivity index (χ4n) is 1.07. The minimum Gasteiger partial charge on any atom is -0.329 e. The Bertz CT molecular complexity index is 344. The normalized spacial score (nSPS) is 12.9. The number of benzene rings is 1. The maximum absolute atomic E-state index is 13.3. The van der Waals surface area contributed by atoms with E-state index < -0.39 is 11.6 Å². The highest BCUT2D eigenvalue weighted by Gasteiger charge is 2.09. The second-order valence-corrected chi connectivity index (χ2v) is 3.78. The maximum atomic E-state index is 13.3. The molecule has 5 heteroatoms. The van der Waals surface area contributed by atoms with Crippen LogP contribution in [0.5, 0.6) is 0 Å². The average Bonchev–Trinajstić information content (AvgIpc) is 2.21. The average molecular weight is 235 g/mol. The monoisotopic (exact) mass is 234 g/mol. The summed E-state index contributed by atoms with van der Waals surface area (Å²) < 4.78 is 26.3. The predicted molar refractivity (Wildman–Crippen MR) is 56.7 cm³/mol. The smallest absolute Gasteiger partial charge is 0.142 e. The first-order chi connectivity index (χ1) is 7.04. The molecule has 0 aliphatic carbocycles. The Hall–Kier alpha value is -0.710. The van der Waals surface area contributed by atoms with Gasteiger partial charge in [-0.3, -0.25) is 0 Å². The number of hydrogen-bond donors (Lipinski definition) is 2. The van der Waals surface area contributed by atoms with Gasteiger partial charge in [-0.2, -0.15) is 0 Å². The van der Waals surface area contributed by atoms with Crippen LogP contribution in [0.2, 0.25) is 5.02 Å². The van der Waals surface area contributed by atoms with Crippen LogP contribution in [0.4, 0.5) is 8.78 Å². The third kappa shape index (κ3) is 3.41. The highest BCUT2D eigenvalue weighted by Crippen LogP contribution is 2.19. The second kappa shape index (κ2) is 5.39. The minimum atomic E-state index is -0.615. The third-order valence-corrected chi connectivity index (χ3v) is 2.37. The summed E-state index contributed by atoms with van der Waals surface area (Å²) in [4.78, 5) is 0. The minimum absolute atomic E-state index is 0.0585. The fourth-order valence-corrected chi connectivity index (χ4v) is 1.22. The lowest BCUT2D eigenvalue weighted by molar-refractivity contribution is 0.527. The molecule has 0 aliphatic rings. The molecule has 1 aromatic rings. The Morgan fingerprint density at radius 1 is 1.40 bits per heavy atom. The molecular formula is C10H13ClF2N2. The summed E-state index contributed by atoms with van der Waals surface area (Å²) >= 11 is 5.42. The van der Waals surface area contributed by atoms with Crippen molar-refractivity contribution in [3.63, 3.8) is 0 Å². The topological polar surface area (TPSA) is 38.0 Å². The summed E-state index contributed by atoms with van der Waals surface area (Å²) in [6.45, 7) is 2.54. The van der Waals surface area contributed by atoms with Gasteiger partial charge in [0, 0.05) is 24.7 Å². The van der Waals surface area contributed by atoms with Crippen LogP contribution in [0.3, 0.4) is 0 Å². The van der Waals surface area contributed by atoms with Crippen molar-refractivity contribution in [3.8, 4) is 0 Å². The van der Waals surface area contributed by atoms with Gasteiger partial charge in [-0.25, -0.2) is 8.78 Å². The number of halogens is 3. The molecule has 1 aromatic carbocycles. The van der Waals surface area contributed by atoms with Crippen molar-refractivity contribution in [3.05, 3.63) is 34.4 Å². The van der Waals surface area contributed by atoms with E-state index in [0.717, 1.165) is 12.1 Å². The van der Waals surface area contributed by atoms with Crippen LogP contribution in [0.25, 0.3) is 0 Å². The highest BCUT2D eigenvalue weighted by molar-refractivity contribution is 6.30. The van der Waals surface area contributed by atoms with Crippen LogP contribution in [0.1, 0.15) is 12.5 Å². The molecule has 1 rings (SSSR count). The molecule has 84 valence electrons. The second-order valence-electron chi connectivity index (χ2n) is 3.38. The van der Waals surface area contributed by atoms with Crippen molar-refractivity contribution in [2.24, 2.45) is 5.73 Å². The lowest BCUT2D eigenvalue weighted by Gasteiger charge is -2.11. The van der Waals surface area contributed by atoms with Crippen molar-refractivity contribution in [2.75, 3.05) is 6.54 Å². The Balaban J connectivity index is 2.73. The van der Waals surface area contributed by atoms with Crippen LogP contribution in [0.15, 0.2) is 12.1 Å². The zero-order valence-electron chi connectivity index (χ0n) is 8.36. The molecule has 0 aliphatic heterocycles. The van der Waals surface area contributed by atoms with Gasteiger partial charge in [0.25, 0.3) is 0 Å². The van der Waals surface area contributed by atoms with Gasteiger partial charge in [0.15, 0.2) is 0 Å². The van der Waals surface area contributed by atoms with Crippen LogP contribution in [0, 0.1) is 11.6 Å². The summed E-state index contributed by atoms with van der Waals surface area (Å²) in [7, 11) is 0. The van der Waals surface area contributed by atoms with Gasteiger partial charge >= 0.3 is 0 Å². The SMILES string of the molecule is CC(CN)NCc1cc(F)c(Cl)cc1F. The number of nitrogens with two attached hydrogens (primary N) is 1. The van der Waals surface area contributed by atoms with E-state index in [9.17, 15) is 8.78 Å². The van der Waals surface area contributed by atoms with Crippen molar-refractivity contribution in [1.82, 2.24) is 5.32 Å². The molecule has 0 fully saturated rings. The zero-order chi connectivity index (χ0) is 11.4. The molecule has 0 aromatic heterocycles. The molecule has 0 bridgehead atoms. The molecule has 3 N–H and O–H groups in total. The van der Waals surface area contributed by atoms with E-state index in [1.165, 1.54) is 0 Å². The van der Waals surface area contributed by atoms with Crippen molar-refractivity contribution in [1.29, 1.82) is 0 Å². The maximum Gasteiger partial charge on any atom is 0.142 e. The van der Waals surface area contributed by atoms with Gasteiger partial charge in [-0.15, -0.1) is 0 Å². The first kappa shape index (κ1) is 12.4. The van der Waals surface area contributed by atoms with E-state index in [1.54, 1.807) is 0 Å². The van der Waals surface area contributed by atoms with E-state index in [1.807, 2.05) is 6.92 Å². The Kier molecular flexibility index (Phi) is 4.45. The molecule has 1 unspecified atom stereocenters. The van der Waals surface area contributed by atoms with E-state index in [0.29, 0.717) is 6.54 Å². The van der Waals surface area contributed by atoms with E-state index in [2.05, 4.69) is 5.32 Å². The van der Waals surface area contributed by atoms with Crippen molar-refractivity contribution < 1.29 is 8.78 Å². The summed E-state index contributed by atoms with van der Waals surface area (Å²) in [6, 6.07) is 2.12. The molecular weight excluding hydrogens is 222 g/mol. The summed E-state index contributed by atoms with van der Waals surface area (Å²) in [5.41, 5.74) is 5.62. The van der Waals surface area contributed by atoms with Crippen molar-refractivity contribution >= 4 is 11.6 Å². The van der Waals surface area contributed by atoms with Gasteiger partial charge in [0.2, 0.25) is 0 Å². The van der Waals surface area contributed by atoms with Gasteiger partial charge in [-0.1, -0.05) is 11.6 Å². The molecule has 0 spiro atoms. The van der Waals surface area contributed by atoms with E-state index in [4.69, 9.17) is 17.3 Å². The van der Waals surface area contributed by atoms with Gasteiger partial charge in [0.05, 0.1) is 5.02 Å². The van der Waals surface area contributed by atoms with Gasteiger partial charge in [0.1, 0.15) is 11.6 Å². The Labute approximate surface area is 92.4 Å².